The van der Waals surface area contributed by atoms with Crippen LogP contribution in [-0.2, 0) is 4.79 Å². The number of thiazole rings is 1. The lowest BCUT2D eigenvalue weighted by atomic mass is 9.82. The van der Waals surface area contributed by atoms with Gasteiger partial charge in [-0.05, 0) is 35.7 Å². The Morgan fingerprint density at radius 1 is 1.63 bits per heavy atom. The van der Waals surface area contributed by atoms with Crippen molar-refractivity contribution in [2.24, 2.45) is 5.41 Å². The van der Waals surface area contributed by atoms with E-state index >= 15 is 0 Å². The smallest absolute Gasteiger partial charge is 0.323 e. The van der Waals surface area contributed by atoms with Crippen molar-refractivity contribution >= 4 is 44.4 Å². The molecule has 1 saturated heterocycles. The normalized spacial score (nSPS) is 23.2. The molecule has 0 saturated carbocycles. The number of carbonyl (C=O) groups is 2. The van der Waals surface area contributed by atoms with E-state index in [1.807, 2.05) is 0 Å². The summed E-state index contributed by atoms with van der Waals surface area (Å²) in [5, 5.41) is 12.4. The number of hydrogen-bond donors (Lipinski definition) is 2. The van der Waals surface area contributed by atoms with Crippen LogP contribution in [0.4, 0.5) is 9.93 Å². The number of amides is 2. The van der Waals surface area contributed by atoms with Gasteiger partial charge in [-0.15, -0.1) is 0 Å². The molecule has 1 aromatic rings. The molecule has 0 bridgehead atoms. The number of aromatic nitrogens is 1. The summed E-state index contributed by atoms with van der Waals surface area (Å²) in [6, 6.07) is -0.297. The molecule has 6 nitrogen and oxygen atoms in total. The Hall–Kier alpha value is -1.15. The first-order valence-corrected chi connectivity index (χ1v) is 7.42. The monoisotopic (exact) mass is 347 g/mol. The van der Waals surface area contributed by atoms with Gasteiger partial charge < -0.3 is 10.0 Å². The molecule has 1 fully saturated rings. The number of urea groups is 1. The molecule has 0 aromatic carbocycles. The summed E-state index contributed by atoms with van der Waals surface area (Å²) in [6.45, 7) is 2.47. The first-order chi connectivity index (χ1) is 8.90. The molecule has 2 N–H and O–H groups in total. The lowest BCUT2D eigenvalue weighted by Gasteiger charge is -2.37. The van der Waals surface area contributed by atoms with Crippen LogP contribution in [-0.4, -0.2) is 40.1 Å². The first-order valence-electron chi connectivity index (χ1n) is 5.81. The third kappa shape index (κ3) is 3.24. The Morgan fingerprint density at radius 2 is 2.37 bits per heavy atom. The predicted molar refractivity (Wildman–Crippen MR) is 75.4 cm³/mol. The summed E-state index contributed by atoms with van der Waals surface area (Å²) in [4.78, 5) is 28.8. The number of nitrogens with one attached hydrogen (secondary N) is 1. The van der Waals surface area contributed by atoms with Crippen molar-refractivity contribution in [1.29, 1.82) is 0 Å². The van der Waals surface area contributed by atoms with Crippen molar-refractivity contribution in [3.05, 3.63) is 9.98 Å². The molecular formula is C11H14BrN3O3S. The van der Waals surface area contributed by atoms with E-state index in [1.54, 1.807) is 13.1 Å². The summed E-state index contributed by atoms with van der Waals surface area (Å²) < 4.78 is 0.830. The number of hydrogen-bond acceptors (Lipinski definition) is 4. The lowest BCUT2D eigenvalue weighted by molar-refractivity contribution is -0.150. The molecule has 2 heterocycles. The Labute approximate surface area is 122 Å². The summed E-state index contributed by atoms with van der Waals surface area (Å²) >= 11 is 4.59. The molecule has 2 rings (SSSR count). The van der Waals surface area contributed by atoms with E-state index in [1.165, 1.54) is 16.2 Å². The Balaban J connectivity index is 2.01. The number of halogens is 1. The van der Waals surface area contributed by atoms with Crippen LogP contribution in [0.25, 0.3) is 0 Å². The van der Waals surface area contributed by atoms with Crippen LogP contribution < -0.4 is 5.32 Å². The number of carbonyl (C=O) groups excluding carboxylic acids is 1. The SMILES string of the molecule is CC1(C(=O)O)CCCN(C(=O)Nc2ncc(Br)s2)C1. The van der Waals surface area contributed by atoms with Gasteiger partial charge in [0.1, 0.15) is 0 Å². The number of rotatable bonds is 2. The van der Waals surface area contributed by atoms with Gasteiger partial charge in [-0.3, -0.25) is 10.1 Å². The van der Waals surface area contributed by atoms with Gasteiger partial charge >= 0.3 is 12.0 Å². The maximum atomic E-state index is 12.1. The quantitative estimate of drug-likeness (QED) is 0.861. The molecular weight excluding hydrogens is 334 g/mol. The van der Waals surface area contributed by atoms with Crippen LogP contribution >= 0.6 is 27.3 Å². The third-order valence-electron chi connectivity index (χ3n) is 3.19. The van der Waals surface area contributed by atoms with Crippen molar-refractivity contribution < 1.29 is 14.7 Å². The zero-order chi connectivity index (χ0) is 14.0. The van der Waals surface area contributed by atoms with Gasteiger partial charge in [-0.2, -0.15) is 0 Å². The highest BCUT2D eigenvalue weighted by Gasteiger charge is 2.39. The summed E-state index contributed by atoms with van der Waals surface area (Å²) in [6.07, 6.45) is 2.89. The van der Waals surface area contributed by atoms with Gasteiger partial charge in [0.15, 0.2) is 5.13 Å². The zero-order valence-electron chi connectivity index (χ0n) is 10.4. The van der Waals surface area contributed by atoms with Crippen LogP contribution in [0.1, 0.15) is 19.8 Å². The van der Waals surface area contributed by atoms with Crippen molar-refractivity contribution in [3.63, 3.8) is 0 Å². The number of aliphatic carboxylic acids is 1. The minimum absolute atomic E-state index is 0.223. The van der Waals surface area contributed by atoms with Crippen molar-refractivity contribution in [3.8, 4) is 0 Å². The van der Waals surface area contributed by atoms with E-state index in [0.29, 0.717) is 24.5 Å². The highest BCUT2D eigenvalue weighted by molar-refractivity contribution is 9.11. The molecule has 2 amide bonds. The minimum Gasteiger partial charge on any atom is -0.481 e. The molecule has 1 atom stereocenters. The van der Waals surface area contributed by atoms with Gasteiger partial charge in [0.2, 0.25) is 0 Å². The number of carboxylic acid groups (broad SMARTS) is 1. The van der Waals surface area contributed by atoms with E-state index in [0.717, 1.165) is 3.79 Å². The Morgan fingerprint density at radius 3 is 2.95 bits per heavy atom. The van der Waals surface area contributed by atoms with E-state index < -0.39 is 11.4 Å². The van der Waals surface area contributed by atoms with Crippen LogP contribution in [0.2, 0.25) is 0 Å². The highest BCUT2D eigenvalue weighted by Crippen LogP contribution is 2.30. The van der Waals surface area contributed by atoms with E-state index in [2.05, 4.69) is 26.2 Å². The summed E-state index contributed by atoms with van der Waals surface area (Å²) in [5.41, 5.74) is -0.862. The van der Waals surface area contributed by atoms with E-state index in [-0.39, 0.29) is 12.6 Å². The van der Waals surface area contributed by atoms with Crippen LogP contribution in [0.15, 0.2) is 9.98 Å². The van der Waals surface area contributed by atoms with Crippen molar-refractivity contribution in [2.45, 2.75) is 19.8 Å². The zero-order valence-corrected chi connectivity index (χ0v) is 12.8. The van der Waals surface area contributed by atoms with Gasteiger partial charge in [-0.25, -0.2) is 9.78 Å². The second kappa shape index (κ2) is 5.46. The molecule has 1 aromatic heterocycles. The predicted octanol–water partition coefficient (Wildman–Crippen LogP) is 2.62. The first kappa shape index (κ1) is 14.3. The Kier molecular flexibility index (Phi) is 4.10. The van der Waals surface area contributed by atoms with Crippen LogP contribution in [0.3, 0.4) is 0 Å². The molecule has 0 spiro atoms. The fourth-order valence-corrected chi connectivity index (χ4v) is 3.17. The second-order valence-electron chi connectivity index (χ2n) is 4.79. The topological polar surface area (TPSA) is 82.5 Å². The fourth-order valence-electron chi connectivity index (χ4n) is 2.07. The van der Waals surface area contributed by atoms with Gasteiger partial charge in [-0.1, -0.05) is 11.3 Å². The fraction of sp³-hybridized carbons (Fsp3) is 0.545. The Bertz CT molecular complexity index is 507. The standard InChI is InChI=1S/C11H14BrN3O3S/c1-11(8(16)17)3-2-4-15(6-11)10(18)14-9-13-5-7(12)19-9/h5H,2-4,6H2,1H3,(H,16,17)(H,13,14,18). The van der Waals surface area contributed by atoms with Crippen LogP contribution in [0.5, 0.6) is 0 Å². The average molecular weight is 348 g/mol. The number of carboxylic acids is 1. The molecule has 1 unspecified atom stereocenters. The maximum absolute atomic E-state index is 12.1. The van der Waals surface area contributed by atoms with Crippen molar-refractivity contribution in [2.75, 3.05) is 18.4 Å². The number of anilines is 1. The summed E-state index contributed by atoms with van der Waals surface area (Å²) in [7, 11) is 0. The number of nitrogens with zero attached hydrogens (tertiary/aromatic N) is 2. The number of piperidine rings is 1. The second-order valence-corrected chi connectivity index (χ2v) is 7.20. The van der Waals surface area contributed by atoms with Crippen molar-refractivity contribution in [1.82, 2.24) is 9.88 Å². The van der Waals surface area contributed by atoms with E-state index in [9.17, 15) is 14.7 Å². The van der Waals surface area contributed by atoms with Gasteiger partial charge in [0.25, 0.3) is 0 Å². The third-order valence-corrected chi connectivity index (χ3v) is 4.58. The molecule has 1 aliphatic rings. The molecule has 1 aliphatic heterocycles. The molecule has 8 heteroatoms. The highest BCUT2D eigenvalue weighted by atomic mass is 79.9. The number of likely N-dealkylation sites (tertiary alicyclic amines) is 1. The average Bonchev–Trinajstić information content (AvgIpc) is 2.74. The summed E-state index contributed by atoms with van der Waals surface area (Å²) in [5.74, 6) is -0.859. The maximum Gasteiger partial charge on any atom is 0.323 e. The largest absolute Gasteiger partial charge is 0.481 e. The molecule has 104 valence electrons. The molecule has 0 aliphatic carbocycles. The van der Waals surface area contributed by atoms with Gasteiger partial charge in [0.05, 0.1) is 15.4 Å². The van der Waals surface area contributed by atoms with Gasteiger partial charge in [0, 0.05) is 13.1 Å². The molecule has 0 radical (unpaired) electrons. The van der Waals surface area contributed by atoms with Crippen LogP contribution in [0, 0.1) is 5.41 Å². The van der Waals surface area contributed by atoms with E-state index in [4.69, 9.17) is 0 Å². The minimum atomic E-state index is -0.862. The molecule has 19 heavy (non-hydrogen) atoms. The lowest BCUT2D eigenvalue weighted by Crippen LogP contribution is -2.49.